The van der Waals surface area contributed by atoms with Crippen molar-refractivity contribution < 1.29 is 24.5 Å². The van der Waals surface area contributed by atoms with Crippen LogP contribution in [0.5, 0.6) is 5.75 Å². The van der Waals surface area contributed by atoms with E-state index in [-0.39, 0.29) is 24.6 Å². The molecule has 0 unspecified atom stereocenters. The molecule has 2 aliphatic rings. The first-order chi connectivity index (χ1) is 22.0. The number of aliphatic hydroxyl groups excluding tert-OH is 2. The third kappa shape index (κ3) is 12.6. The average Bonchev–Trinajstić information content (AvgIpc) is 3.05. The maximum absolute atomic E-state index is 11.9. The van der Waals surface area contributed by atoms with Gasteiger partial charge >= 0.3 is 5.97 Å². The molecule has 0 radical (unpaired) electrons. The highest BCUT2D eigenvalue weighted by atomic mass is 16.5. The lowest BCUT2D eigenvalue weighted by Crippen LogP contribution is -2.33. The highest BCUT2D eigenvalue weighted by Gasteiger charge is 2.32. The van der Waals surface area contributed by atoms with Gasteiger partial charge in [-0.15, -0.1) is 0 Å². The van der Waals surface area contributed by atoms with Crippen LogP contribution in [0.15, 0.2) is 30.4 Å². The van der Waals surface area contributed by atoms with Gasteiger partial charge in [-0.05, 0) is 124 Å². The molecular formula is C41H68O5. The van der Waals surface area contributed by atoms with Crippen LogP contribution in [0.2, 0.25) is 0 Å². The number of carbonyl (C=O) groups is 1. The summed E-state index contributed by atoms with van der Waals surface area (Å²) in [4.78, 5) is 11.9. The van der Waals surface area contributed by atoms with Gasteiger partial charge < -0.3 is 19.7 Å². The molecule has 2 saturated carbocycles. The molecule has 0 amide bonds. The van der Waals surface area contributed by atoms with Gasteiger partial charge in [-0.3, -0.25) is 0 Å². The van der Waals surface area contributed by atoms with E-state index in [1.165, 1.54) is 82.6 Å². The highest BCUT2D eigenvalue weighted by molar-refractivity contribution is 5.86. The third-order valence-electron chi connectivity index (χ3n) is 11.2. The van der Waals surface area contributed by atoms with E-state index in [0.29, 0.717) is 31.1 Å². The van der Waals surface area contributed by atoms with Gasteiger partial charge in [0.05, 0.1) is 26.4 Å². The Labute approximate surface area is 281 Å². The van der Waals surface area contributed by atoms with Crippen molar-refractivity contribution in [2.75, 3.05) is 26.4 Å². The summed E-state index contributed by atoms with van der Waals surface area (Å²) in [5.74, 6) is 3.92. The van der Waals surface area contributed by atoms with Crippen LogP contribution in [0.25, 0.3) is 0 Å². The molecule has 5 nitrogen and oxygen atoms in total. The molecule has 1 aromatic rings. The van der Waals surface area contributed by atoms with Gasteiger partial charge in [-0.25, -0.2) is 4.79 Å². The van der Waals surface area contributed by atoms with Crippen LogP contribution >= 0.6 is 0 Å². The molecule has 5 heteroatoms. The molecule has 262 valence electrons. The standard InChI is InChI=1S/C41H68O5/c1-7-8-9-11-32-13-15-33(16-14-32)34-17-19-35(20-18-34)36-21-22-38(37(28-36)12-10-26-46-39(44)31(2)3)45-27-25-41(29-42,30-43)24-23-40(4,5)6/h21-22,28,32-35,42-43H,2,7-20,23-27,29-30H2,1,3-6H3. The predicted octanol–water partition coefficient (Wildman–Crippen LogP) is 9.97. The van der Waals surface area contributed by atoms with Crippen LogP contribution in [0.1, 0.15) is 154 Å². The number of aryl methyl sites for hydroxylation is 1. The molecule has 2 aliphatic carbocycles. The zero-order valence-corrected chi connectivity index (χ0v) is 30.2. The van der Waals surface area contributed by atoms with Gasteiger partial charge in [-0.1, -0.05) is 84.9 Å². The Morgan fingerprint density at radius 3 is 2.11 bits per heavy atom. The van der Waals surface area contributed by atoms with Crippen molar-refractivity contribution in [1.82, 2.24) is 0 Å². The fraction of sp³-hybridized carbons (Fsp3) is 0.780. The second-order valence-corrected chi connectivity index (χ2v) is 16.3. The Kier molecular flexibility index (Phi) is 16.1. The van der Waals surface area contributed by atoms with E-state index < -0.39 is 5.41 Å². The summed E-state index contributed by atoms with van der Waals surface area (Å²) in [5.41, 5.74) is 2.57. The van der Waals surface area contributed by atoms with E-state index in [4.69, 9.17) is 9.47 Å². The SMILES string of the molecule is C=C(C)C(=O)OCCCc1cc(C2CCC(C3CCC(CCCCC)CC3)CC2)ccc1OCCC(CO)(CO)CCC(C)(C)C. The summed E-state index contributed by atoms with van der Waals surface area (Å²) < 4.78 is 11.8. The van der Waals surface area contributed by atoms with Gasteiger partial charge in [-0.2, -0.15) is 0 Å². The first kappa shape index (κ1) is 38.6. The quantitative estimate of drug-likeness (QED) is 0.0894. The first-order valence-electron chi connectivity index (χ1n) is 18.8. The molecule has 0 aromatic heterocycles. The van der Waals surface area contributed by atoms with E-state index in [1.54, 1.807) is 6.92 Å². The summed E-state index contributed by atoms with van der Waals surface area (Å²) in [6.07, 6.45) is 20.4. The molecule has 46 heavy (non-hydrogen) atoms. The van der Waals surface area contributed by atoms with Gasteiger partial charge in [0, 0.05) is 11.0 Å². The van der Waals surface area contributed by atoms with Crippen LogP contribution in [-0.4, -0.2) is 42.6 Å². The van der Waals surface area contributed by atoms with Crippen LogP contribution in [0, 0.1) is 28.6 Å². The minimum atomic E-state index is -0.545. The van der Waals surface area contributed by atoms with Gasteiger partial charge in [0.1, 0.15) is 5.75 Å². The van der Waals surface area contributed by atoms with E-state index in [0.717, 1.165) is 54.7 Å². The Morgan fingerprint density at radius 2 is 1.52 bits per heavy atom. The van der Waals surface area contributed by atoms with Gasteiger partial charge in [0.2, 0.25) is 0 Å². The molecule has 0 aliphatic heterocycles. The average molecular weight is 641 g/mol. The van der Waals surface area contributed by atoms with Crippen LogP contribution < -0.4 is 4.74 Å². The molecule has 0 spiro atoms. The number of benzene rings is 1. The molecule has 0 bridgehead atoms. The number of hydrogen-bond acceptors (Lipinski definition) is 5. The summed E-state index contributed by atoms with van der Waals surface area (Å²) in [6.45, 7) is 14.9. The lowest BCUT2D eigenvalue weighted by Gasteiger charge is -2.38. The van der Waals surface area contributed by atoms with Crippen molar-refractivity contribution in [1.29, 1.82) is 0 Å². The minimum Gasteiger partial charge on any atom is -0.493 e. The molecular weight excluding hydrogens is 572 g/mol. The molecule has 0 saturated heterocycles. The number of hydrogen-bond donors (Lipinski definition) is 2. The van der Waals surface area contributed by atoms with Crippen molar-refractivity contribution in [3.8, 4) is 5.75 Å². The summed E-state index contributed by atoms with van der Waals surface area (Å²) in [7, 11) is 0. The number of rotatable bonds is 19. The van der Waals surface area contributed by atoms with E-state index in [2.05, 4.69) is 52.5 Å². The Balaban J connectivity index is 1.60. The van der Waals surface area contributed by atoms with Crippen molar-refractivity contribution in [2.45, 2.75) is 150 Å². The maximum atomic E-state index is 11.9. The van der Waals surface area contributed by atoms with E-state index in [9.17, 15) is 15.0 Å². The smallest absolute Gasteiger partial charge is 0.333 e. The third-order valence-corrected chi connectivity index (χ3v) is 11.2. The number of carbonyl (C=O) groups excluding carboxylic acids is 1. The normalized spacial score (nSPS) is 22.4. The first-order valence-corrected chi connectivity index (χ1v) is 18.8. The van der Waals surface area contributed by atoms with Gasteiger partial charge in [0.25, 0.3) is 0 Å². The van der Waals surface area contributed by atoms with Crippen molar-refractivity contribution in [2.24, 2.45) is 28.6 Å². The lowest BCUT2D eigenvalue weighted by atomic mass is 9.68. The van der Waals surface area contributed by atoms with Crippen molar-refractivity contribution in [3.05, 3.63) is 41.5 Å². The van der Waals surface area contributed by atoms with Crippen molar-refractivity contribution in [3.63, 3.8) is 0 Å². The number of unbranched alkanes of at least 4 members (excludes halogenated alkanes) is 2. The summed E-state index contributed by atoms with van der Waals surface area (Å²) in [6, 6.07) is 6.73. The van der Waals surface area contributed by atoms with Gasteiger partial charge in [0.15, 0.2) is 0 Å². The zero-order chi connectivity index (χ0) is 33.6. The summed E-state index contributed by atoms with van der Waals surface area (Å²) >= 11 is 0. The predicted molar refractivity (Wildman–Crippen MR) is 190 cm³/mol. The highest BCUT2D eigenvalue weighted by Crippen LogP contribution is 2.45. The molecule has 2 fully saturated rings. The van der Waals surface area contributed by atoms with Crippen LogP contribution in [0.3, 0.4) is 0 Å². The monoisotopic (exact) mass is 641 g/mol. The Bertz CT molecular complexity index is 1040. The largest absolute Gasteiger partial charge is 0.493 e. The van der Waals surface area contributed by atoms with E-state index >= 15 is 0 Å². The fourth-order valence-electron chi connectivity index (χ4n) is 7.80. The summed E-state index contributed by atoms with van der Waals surface area (Å²) in [5, 5.41) is 20.4. The number of ether oxygens (including phenoxy) is 2. The fourth-order valence-corrected chi connectivity index (χ4v) is 7.80. The Hall–Kier alpha value is -1.85. The Morgan fingerprint density at radius 1 is 0.870 bits per heavy atom. The van der Waals surface area contributed by atoms with Crippen molar-refractivity contribution >= 4 is 5.97 Å². The number of esters is 1. The number of aliphatic hydroxyl groups is 2. The lowest BCUT2D eigenvalue weighted by molar-refractivity contribution is -0.139. The molecule has 1 aromatic carbocycles. The second kappa shape index (κ2) is 19.2. The minimum absolute atomic E-state index is 0.0497. The second-order valence-electron chi connectivity index (χ2n) is 16.3. The topological polar surface area (TPSA) is 76.0 Å². The van der Waals surface area contributed by atoms with E-state index in [1.807, 2.05) is 0 Å². The molecule has 0 atom stereocenters. The molecule has 2 N–H and O–H groups in total. The van der Waals surface area contributed by atoms with Crippen LogP contribution in [-0.2, 0) is 16.0 Å². The molecule has 3 rings (SSSR count). The maximum Gasteiger partial charge on any atom is 0.333 e. The van der Waals surface area contributed by atoms with Crippen LogP contribution in [0.4, 0.5) is 0 Å². The molecule has 0 heterocycles. The zero-order valence-electron chi connectivity index (χ0n) is 30.2.